The minimum absolute atomic E-state index is 0.0916. The lowest BCUT2D eigenvalue weighted by Crippen LogP contribution is -2.32. The monoisotopic (exact) mass is 468 g/mol. The fraction of sp³-hybridized carbons (Fsp3) is 0.385. The van der Waals surface area contributed by atoms with E-state index in [0.717, 1.165) is 38.2 Å². The summed E-state index contributed by atoms with van der Waals surface area (Å²) in [6.07, 6.45) is 4.00. The van der Waals surface area contributed by atoms with Gasteiger partial charge < -0.3 is 10.1 Å². The summed E-state index contributed by atoms with van der Waals surface area (Å²) >= 11 is 1.42. The number of ether oxygens (including phenoxy) is 1. The lowest BCUT2D eigenvalue weighted by atomic mass is 9.91. The Morgan fingerprint density at radius 1 is 1.27 bits per heavy atom. The predicted molar refractivity (Wildman–Crippen MR) is 127 cm³/mol. The minimum atomic E-state index is -2.64. The summed E-state index contributed by atoms with van der Waals surface area (Å²) in [5, 5.41) is 3.21. The molecule has 0 radical (unpaired) electrons. The molecular weight excluding hydrogens is 442 g/mol. The molecule has 0 fully saturated rings. The third kappa shape index (κ3) is 4.14. The number of alkyl halides is 2. The zero-order valence-electron chi connectivity index (χ0n) is 18.7. The number of carbonyl (C=O) groups excluding carboxylic acids is 1. The zero-order chi connectivity index (χ0) is 23.2. The smallest absolute Gasteiger partial charge is 0.262 e. The molecule has 0 bridgehead atoms. The first kappa shape index (κ1) is 22.0. The van der Waals surface area contributed by atoms with Crippen LogP contribution in [0.5, 0.6) is 5.75 Å². The first-order valence-electron chi connectivity index (χ1n) is 11.4. The van der Waals surface area contributed by atoms with Gasteiger partial charge in [-0.15, -0.1) is 11.3 Å². The van der Waals surface area contributed by atoms with E-state index in [1.807, 2.05) is 30.3 Å². The molecule has 3 aromatic rings. The van der Waals surface area contributed by atoms with Crippen molar-refractivity contribution >= 4 is 33.0 Å². The van der Waals surface area contributed by atoms with E-state index in [0.29, 0.717) is 24.3 Å². The third-order valence-corrected chi connectivity index (χ3v) is 7.64. The molecule has 0 unspecified atom stereocenters. The van der Waals surface area contributed by atoms with E-state index in [-0.39, 0.29) is 30.7 Å². The van der Waals surface area contributed by atoms with Crippen LogP contribution in [-0.2, 0) is 0 Å². The number of nitrogens with zero attached hydrogens (tertiary/aromatic N) is 1. The third-order valence-electron chi connectivity index (χ3n) is 6.41. The van der Waals surface area contributed by atoms with Crippen LogP contribution >= 0.6 is 11.3 Å². The van der Waals surface area contributed by atoms with E-state index >= 15 is 0 Å². The van der Waals surface area contributed by atoms with Crippen molar-refractivity contribution in [1.82, 2.24) is 10.3 Å². The van der Waals surface area contributed by atoms with Gasteiger partial charge in [-0.3, -0.25) is 9.78 Å². The highest BCUT2D eigenvalue weighted by molar-refractivity contribution is 7.21. The van der Waals surface area contributed by atoms with Gasteiger partial charge in [0.05, 0.1) is 27.7 Å². The molecule has 2 aliphatic rings. The van der Waals surface area contributed by atoms with Gasteiger partial charge in [-0.1, -0.05) is 38.1 Å². The highest BCUT2D eigenvalue weighted by atomic mass is 32.1. The fourth-order valence-electron chi connectivity index (χ4n) is 4.72. The van der Waals surface area contributed by atoms with Crippen molar-refractivity contribution in [2.45, 2.75) is 57.4 Å². The van der Waals surface area contributed by atoms with E-state index < -0.39 is 5.92 Å². The molecular formula is C26H26F2N2O2S. The Balaban J connectivity index is 1.53. The van der Waals surface area contributed by atoms with Crippen LogP contribution in [0, 0.1) is 0 Å². The van der Waals surface area contributed by atoms with Gasteiger partial charge in [0.25, 0.3) is 11.8 Å². The molecule has 1 aliphatic carbocycles. The summed E-state index contributed by atoms with van der Waals surface area (Å²) in [6.45, 7) is 4.66. The van der Waals surface area contributed by atoms with Crippen molar-refractivity contribution in [2.24, 2.45) is 0 Å². The largest absolute Gasteiger partial charge is 0.493 e. The Labute approximate surface area is 195 Å². The number of para-hydroxylation sites is 1. The zero-order valence-corrected chi connectivity index (χ0v) is 19.5. The van der Waals surface area contributed by atoms with Crippen molar-refractivity contribution < 1.29 is 18.3 Å². The molecule has 1 amide bonds. The van der Waals surface area contributed by atoms with Gasteiger partial charge in [-0.2, -0.15) is 0 Å². The van der Waals surface area contributed by atoms with E-state index in [9.17, 15) is 13.6 Å². The van der Waals surface area contributed by atoms with Crippen molar-refractivity contribution in [3.63, 3.8) is 0 Å². The summed E-state index contributed by atoms with van der Waals surface area (Å²) in [5.41, 5.74) is 4.52. The molecule has 7 heteroatoms. The fourth-order valence-corrected chi connectivity index (χ4v) is 6.09. The maximum absolute atomic E-state index is 13.7. The Bertz CT molecular complexity index is 1250. The van der Waals surface area contributed by atoms with E-state index in [4.69, 9.17) is 4.74 Å². The van der Waals surface area contributed by atoms with Crippen LogP contribution in [0.15, 0.2) is 42.6 Å². The van der Waals surface area contributed by atoms with Crippen molar-refractivity contribution in [3.05, 3.63) is 64.2 Å². The van der Waals surface area contributed by atoms with Crippen LogP contribution in [0.2, 0.25) is 0 Å². The highest BCUT2D eigenvalue weighted by Gasteiger charge is 2.32. The Morgan fingerprint density at radius 3 is 2.85 bits per heavy atom. The number of pyridine rings is 1. The molecule has 2 aromatic heterocycles. The number of benzene rings is 1. The van der Waals surface area contributed by atoms with Crippen LogP contribution < -0.4 is 10.1 Å². The minimum Gasteiger partial charge on any atom is -0.493 e. The molecule has 3 heterocycles. The van der Waals surface area contributed by atoms with E-state index in [2.05, 4.69) is 24.1 Å². The van der Waals surface area contributed by atoms with E-state index in [1.165, 1.54) is 11.3 Å². The van der Waals surface area contributed by atoms with Gasteiger partial charge in [-0.25, -0.2) is 8.78 Å². The second-order valence-electron chi connectivity index (χ2n) is 9.03. The number of hydrogen-bond acceptors (Lipinski definition) is 4. The Hall–Kier alpha value is -2.80. The topological polar surface area (TPSA) is 51.2 Å². The normalized spacial score (nSPS) is 19.7. The molecule has 5 rings (SSSR count). The van der Waals surface area contributed by atoms with Gasteiger partial charge in [0.1, 0.15) is 5.75 Å². The summed E-state index contributed by atoms with van der Waals surface area (Å²) in [5.74, 6) is -1.87. The van der Waals surface area contributed by atoms with Crippen LogP contribution in [0.3, 0.4) is 0 Å². The standard InChI is InChI=1S/C26H26F2N2O2S/c1-15(2)21-22-23(17(9-13-29-22)16-7-11-26(27,28)12-8-16)33-24(21)25(31)30-19-10-14-32-20-6-4-3-5-18(19)20/h3-7,9,13,15,19H,8,10-12,14H2,1-2H3,(H,30,31)/t19-/m0/s1. The first-order chi connectivity index (χ1) is 15.8. The second kappa shape index (κ2) is 8.52. The van der Waals surface area contributed by atoms with Gasteiger partial charge in [0.2, 0.25) is 0 Å². The van der Waals surface area contributed by atoms with Gasteiger partial charge in [0.15, 0.2) is 0 Å². The average molecular weight is 469 g/mol. The summed E-state index contributed by atoms with van der Waals surface area (Å²) in [4.78, 5) is 18.8. The second-order valence-corrected chi connectivity index (χ2v) is 10.0. The quantitative estimate of drug-likeness (QED) is 0.454. The van der Waals surface area contributed by atoms with Crippen molar-refractivity contribution in [2.75, 3.05) is 6.61 Å². The SMILES string of the molecule is CC(C)c1c(C(=O)N[C@H]2CCOc3ccccc32)sc2c(C3=CCC(F)(F)CC3)ccnc12. The van der Waals surface area contributed by atoms with Crippen molar-refractivity contribution in [1.29, 1.82) is 0 Å². The molecule has 4 nitrogen and oxygen atoms in total. The van der Waals surface area contributed by atoms with Gasteiger partial charge in [0, 0.05) is 36.6 Å². The lowest BCUT2D eigenvalue weighted by Gasteiger charge is -2.26. The number of allylic oxidation sites excluding steroid dienone is 2. The molecule has 33 heavy (non-hydrogen) atoms. The average Bonchev–Trinajstić information content (AvgIpc) is 3.20. The molecule has 1 aromatic carbocycles. The van der Waals surface area contributed by atoms with Gasteiger partial charge >= 0.3 is 0 Å². The summed E-state index contributed by atoms with van der Waals surface area (Å²) < 4.78 is 34.0. The Morgan fingerprint density at radius 2 is 2.09 bits per heavy atom. The molecule has 0 saturated carbocycles. The predicted octanol–water partition coefficient (Wildman–Crippen LogP) is 6.88. The number of nitrogens with one attached hydrogen (secondary N) is 1. The number of halogens is 2. The van der Waals surface area contributed by atoms with Crippen LogP contribution in [0.4, 0.5) is 8.78 Å². The highest BCUT2D eigenvalue weighted by Crippen LogP contribution is 2.43. The van der Waals surface area contributed by atoms with E-state index in [1.54, 1.807) is 12.3 Å². The summed E-state index contributed by atoms with van der Waals surface area (Å²) in [7, 11) is 0. The summed E-state index contributed by atoms with van der Waals surface area (Å²) in [6, 6.07) is 9.54. The first-order valence-corrected chi connectivity index (χ1v) is 12.2. The van der Waals surface area contributed by atoms with Crippen LogP contribution in [-0.4, -0.2) is 23.4 Å². The molecule has 1 atom stereocenters. The maximum atomic E-state index is 13.7. The number of hydrogen-bond donors (Lipinski definition) is 1. The maximum Gasteiger partial charge on any atom is 0.262 e. The Kier molecular flexibility index (Phi) is 5.69. The number of amides is 1. The van der Waals surface area contributed by atoms with Gasteiger partial charge in [-0.05, 0) is 35.6 Å². The molecule has 1 aliphatic heterocycles. The number of carbonyl (C=O) groups is 1. The lowest BCUT2D eigenvalue weighted by molar-refractivity contribution is -0.00602. The number of rotatable bonds is 4. The van der Waals surface area contributed by atoms with Crippen molar-refractivity contribution in [3.8, 4) is 5.75 Å². The number of thiophene rings is 1. The molecule has 172 valence electrons. The van der Waals surface area contributed by atoms with Crippen LogP contribution in [0.25, 0.3) is 15.8 Å². The van der Waals surface area contributed by atoms with Crippen LogP contribution in [0.1, 0.15) is 77.9 Å². The molecule has 1 N–H and O–H groups in total. The number of fused-ring (bicyclic) bond motifs is 2. The molecule has 0 spiro atoms. The molecule has 0 saturated heterocycles. The number of aromatic nitrogens is 1.